The van der Waals surface area contributed by atoms with E-state index in [1.807, 2.05) is 18.0 Å². The number of thioether (sulfide) groups is 1. The molecule has 0 aliphatic rings. The molecule has 3 heteroatoms. The quantitative estimate of drug-likeness (QED) is 0.763. The third-order valence-corrected chi connectivity index (χ3v) is 4.18. The van der Waals surface area contributed by atoms with Crippen LogP contribution < -0.4 is 5.73 Å². The van der Waals surface area contributed by atoms with Crippen LogP contribution in [0.4, 0.5) is 0 Å². The fourth-order valence-corrected chi connectivity index (χ4v) is 2.92. The molecular formula is C15H26N2S. The molecule has 0 amide bonds. The predicted octanol–water partition coefficient (Wildman–Crippen LogP) is 3.81. The molecule has 0 aliphatic heterocycles. The fraction of sp³-hybridized carbons (Fsp3) is 0.667. The van der Waals surface area contributed by atoms with E-state index < -0.39 is 0 Å². The lowest BCUT2D eigenvalue weighted by Gasteiger charge is -2.11. The first-order valence-electron chi connectivity index (χ1n) is 6.86. The van der Waals surface area contributed by atoms with Crippen molar-refractivity contribution in [2.24, 2.45) is 11.7 Å². The summed E-state index contributed by atoms with van der Waals surface area (Å²) < 4.78 is 0. The van der Waals surface area contributed by atoms with Gasteiger partial charge >= 0.3 is 0 Å². The summed E-state index contributed by atoms with van der Waals surface area (Å²) in [5, 5.41) is 1.17. The Hall–Kier alpha value is -0.540. The van der Waals surface area contributed by atoms with E-state index in [2.05, 4.69) is 38.7 Å². The molecule has 0 fully saturated rings. The molecule has 102 valence electrons. The van der Waals surface area contributed by atoms with E-state index >= 15 is 0 Å². The van der Waals surface area contributed by atoms with E-state index in [-0.39, 0.29) is 6.04 Å². The first-order valence-corrected chi connectivity index (χ1v) is 7.85. The smallest absolute Gasteiger partial charge is 0.0989 e. The molecule has 0 spiro atoms. The molecule has 18 heavy (non-hydrogen) atoms. The van der Waals surface area contributed by atoms with Gasteiger partial charge in [0.2, 0.25) is 0 Å². The highest BCUT2D eigenvalue weighted by Gasteiger charge is 2.06. The monoisotopic (exact) mass is 266 g/mol. The molecule has 1 atom stereocenters. The zero-order valence-electron chi connectivity index (χ0n) is 12.1. The van der Waals surface area contributed by atoms with Crippen LogP contribution in [0.15, 0.2) is 17.3 Å². The number of hydrogen-bond acceptors (Lipinski definition) is 3. The molecule has 2 nitrogen and oxygen atoms in total. The van der Waals surface area contributed by atoms with E-state index in [1.54, 1.807) is 0 Å². The van der Waals surface area contributed by atoms with Crippen LogP contribution in [0.25, 0.3) is 0 Å². The Bertz CT molecular complexity index is 364. The highest BCUT2D eigenvalue weighted by atomic mass is 32.2. The number of pyridine rings is 1. The van der Waals surface area contributed by atoms with Gasteiger partial charge in [0.1, 0.15) is 0 Å². The molecule has 1 heterocycles. The van der Waals surface area contributed by atoms with Gasteiger partial charge in [-0.05, 0) is 49.0 Å². The van der Waals surface area contributed by atoms with Gasteiger partial charge in [0, 0.05) is 12.2 Å². The predicted molar refractivity (Wildman–Crippen MR) is 81.1 cm³/mol. The third kappa shape index (κ3) is 5.40. The highest BCUT2D eigenvalue weighted by Crippen LogP contribution is 2.22. The lowest BCUT2D eigenvalue weighted by atomic mass is 10.1. The topological polar surface area (TPSA) is 38.9 Å². The Morgan fingerprint density at radius 3 is 2.67 bits per heavy atom. The zero-order chi connectivity index (χ0) is 13.5. The Kier molecular flexibility index (Phi) is 6.72. The van der Waals surface area contributed by atoms with Crippen LogP contribution in [0, 0.1) is 12.8 Å². The minimum atomic E-state index is 0.255. The van der Waals surface area contributed by atoms with Gasteiger partial charge in [0.25, 0.3) is 0 Å². The van der Waals surface area contributed by atoms with Gasteiger partial charge in [-0.2, -0.15) is 0 Å². The number of rotatable bonds is 7. The van der Waals surface area contributed by atoms with Crippen LogP contribution in [0.5, 0.6) is 0 Å². The molecule has 0 bridgehead atoms. The molecule has 0 saturated heterocycles. The summed E-state index contributed by atoms with van der Waals surface area (Å²) in [5.74, 6) is 1.92. The summed E-state index contributed by atoms with van der Waals surface area (Å²) in [5.41, 5.74) is 8.51. The molecule has 0 aliphatic carbocycles. The van der Waals surface area contributed by atoms with Crippen molar-refractivity contribution in [1.82, 2.24) is 4.98 Å². The van der Waals surface area contributed by atoms with E-state index in [9.17, 15) is 0 Å². The second-order valence-electron chi connectivity index (χ2n) is 5.37. The maximum absolute atomic E-state index is 5.97. The van der Waals surface area contributed by atoms with Gasteiger partial charge in [-0.1, -0.05) is 26.8 Å². The second kappa shape index (κ2) is 7.80. The van der Waals surface area contributed by atoms with Crippen molar-refractivity contribution >= 4 is 11.8 Å². The average Bonchev–Trinajstić information content (AvgIpc) is 2.31. The summed E-state index contributed by atoms with van der Waals surface area (Å²) in [6.07, 6.45) is 5.18. The maximum atomic E-state index is 5.97. The van der Waals surface area contributed by atoms with Crippen LogP contribution in [0.3, 0.4) is 0 Å². The lowest BCUT2D eigenvalue weighted by Crippen LogP contribution is -2.21. The van der Waals surface area contributed by atoms with Gasteiger partial charge in [-0.3, -0.25) is 0 Å². The Labute approximate surface area is 116 Å². The Balaban J connectivity index is 2.56. The van der Waals surface area contributed by atoms with Gasteiger partial charge in [0.05, 0.1) is 5.03 Å². The van der Waals surface area contributed by atoms with Crippen molar-refractivity contribution in [3.05, 3.63) is 23.4 Å². The first kappa shape index (κ1) is 15.5. The Morgan fingerprint density at radius 2 is 2.11 bits per heavy atom. The van der Waals surface area contributed by atoms with Crippen molar-refractivity contribution in [1.29, 1.82) is 0 Å². The number of hydrogen-bond donors (Lipinski definition) is 1. The molecule has 2 N–H and O–H groups in total. The zero-order valence-corrected chi connectivity index (χ0v) is 12.9. The van der Waals surface area contributed by atoms with Crippen LogP contribution in [-0.2, 0) is 6.42 Å². The van der Waals surface area contributed by atoms with Crippen LogP contribution >= 0.6 is 11.8 Å². The SMILES string of the molecule is CCC(N)Cc1cnc(SCCC(C)C)c(C)c1. The number of nitrogens with two attached hydrogens (primary N) is 1. The molecule has 1 rings (SSSR count). The second-order valence-corrected chi connectivity index (χ2v) is 6.45. The molecule has 1 aromatic heterocycles. The molecule has 1 unspecified atom stereocenters. The largest absolute Gasteiger partial charge is 0.327 e. The van der Waals surface area contributed by atoms with Crippen molar-refractivity contribution in [2.45, 2.75) is 58.0 Å². The summed E-state index contributed by atoms with van der Waals surface area (Å²) in [6, 6.07) is 2.49. The highest BCUT2D eigenvalue weighted by molar-refractivity contribution is 7.99. The summed E-state index contributed by atoms with van der Waals surface area (Å²) in [4.78, 5) is 4.57. The van der Waals surface area contributed by atoms with Crippen LogP contribution in [-0.4, -0.2) is 16.8 Å². The molecule has 0 aromatic carbocycles. The van der Waals surface area contributed by atoms with E-state index in [4.69, 9.17) is 5.73 Å². The van der Waals surface area contributed by atoms with Gasteiger partial charge in [0.15, 0.2) is 0 Å². The fourth-order valence-electron chi connectivity index (χ4n) is 1.72. The van der Waals surface area contributed by atoms with Gasteiger partial charge < -0.3 is 5.73 Å². The lowest BCUT2D eigenvalue weighted by molar-refractivity contribution is 0.631. The summed E-state index contributed by atoms with van der Waals surface area (Å²) >= 11 is 1.87. The molecule has 0 saturated carbocycles. The summed E-state index contributed by atoms with van der Waals surface area (Å²) in [7, 11) is 0. The molecular weight excluding hydrogens is 240 g/mol. The summed E-state index contributed by atoms with van der Waals surface area (Å²) in [6.45, 7) is 8.79. The molecule has 0 radical (unpaired) electrons. The average molecular weight is 266 g/mol. The standard InChI is InChI=1S/C15H26N2S/c1-5-14(16)9-13-8-12(4)15(17-10-13)18-7-6-11(2)3/h8,10-11,14H,5-7,9,16H2,1-4H3. The van der Waals surface area contributed by atoms with Gasteiger partial charge in [-0.25, -0.2) is 4.98 Å². The number of nitrogens with zero attached hydrogens (tertiary/aromatic N) is 1. The van der Waals surface area contributed by atoms with E-state index in [0.29, 0.717) is 0 Å². The van der Waals surface area contributed by atoms with Crippen molar-refractivity contribution in [3.63, 3.8) is 0 Å². The van der Waals surface area contributed by atoms with Crippen LogP contribution in [0.2, 0.25) is 0 Å². The first-order chi connectivity index (χ1) is 8.52. The molecule has 1 aromatic rings. The van der Waals surface area contributed by atoms with Crippen molar-refractivity contribution < 1.29 is 0 Å². The minimum Gasteiger partial charge on any atom is -0.327 e. The normalized spacial score (nSPS) is 13.0. The Morgan fingerprint density at radius 1 is 1.39 bits per heavy atom. The van der Waals surface area contributed by atoms with E-state index in [1.165, 1.54) is 22.6 Å². The number of aryl methyl sites for hydroxylation is 1. The van der Waals surface area contributed by atoms with Crippen LogP contribution in [0.1, 0.15) is 44.7 Å². The third-order valence-electron chi connectivity index (χ3n) is 3.04. The van der Waals surface area contributed by atoms with Gasteiger partial charge in [-0.15, -0.1) is 11.8 Å². The maximum Gasteiger partial charge on any atom is 0.0989 e. The van der Waals surface area contributed by atoms with Crippen molar-refractivity contribution in [3.8, 4) is 0 Å². The van der Waals surface area contributed by atoms with E-state index in [0.717, 1.165) is 24.5 Å². The van der Waals surface area contributed by atoms with Crippen molar-refractivity contribution in [2.75, 3.05) is 5.75 Å². The minimum absolute atomic E-state index is 0.255. The number of aromatic nitrogens is 1.